The van der Waals surface area contributed by atoms with Gasteiger partial charge in [-0.05, 0) is 0 Å². The van der Waals surface area contributed by atoms with Crippen LogP contribution in [-0.2, 0) is 0 Å². The van der Waals surface area contributed by atoms with Crippen LogP contribution < -0.4 is 4.74 Å². The molecule has 0 radical (unpaired) electrons. The number of aromatic nitrogens is 3. The molecule has 0 atom stereocenters. The van der Waals surface area contributed by atoms with E-state index in [1.807, 2.05) is 15.7 Å². The quantitative estimate of drug-likeness (QED) is 0.536. The second-order valence-electron chi connectivity index (χ2n) is 3.60. The Morgan fingerprint density at radius 3 is 2.78 bits per heavy atom. The minimum absolute atomic E-state index is 0.0973. The Kier molecular flexibility index (Phi) is 2.99. The fourth-order valence-corrected chi connectivity index (χ4v) is 4.22. The molecular weight excluding hydrogens is 313 g/mol. The molecule has 0 amide bonds. The van der Waals surface area contributed by atoms with Gasteiger partial charge in [-0.15, -0.1) is 0 Å². The van der Waals surface area contributed by atoms with E-state index < -0.39 is 0 Å². The van der Waals surface area contributed by atoms with Gasteiger partial charge in [-0.1, -0.05) is 0 Å². The summed E-state index contributed by atoms with van der Waals surface area (Å²) in [6.07, 6.45) is 3.45. The molecule has 6 heteroatoms. The van der Waals surface area contributed by atoms with Crippen LogP contribution in [0.1, 0.15) is 0 Å². The minimum atomic E-state index is 0.0973. The first-order valence-electron chi connectivity index (χ1n) is 5.27. The SMILES string of the molecule is COc1ccc2[se]n(-c3ncccn3)c(=S)c2c1. The van der Waals surface area contributed by atoms with E-state index in [2.05, 4.69) is 16.0 Å². The van der Waals surface area contributed by atoms with E-state index in [-0.39, 0.29) is 14.7 Å². The van der Waals surface area contributed by atoms with Crippen LogP contribution in [0.25, 0.3) is 15.6 Å². The van der Waals surface area contributed by atoms with Gasteiger partial charge in [-0.3, -0.25) is 0 Å². The molecule has 2 heterocycles. The Bertz CT molecular complexity index is 751. The van der Waals surface area contributed by atoms with Crippen molar-refractivity contribution in [2.75, 3.05) is 7.11 Å². The number of fused-ring (bicyclic) bond motifs is 1. The van der Waals surface area contributed by atoms with Crippen LogP contribution in [0.3, 0.4) is 0 Å². The number of nitrogens with zero attached hydrogens (tertiary/aromatic N) is 3. The van der Waals surface area contributed by atoms with Gasteiger partial charge in [0.15, 0.2) is 0 Å². The molecule has 0 aliphatic carbocycles. The van der Waals surface area contributed by atoms with E-state index in [0.717, 1.165) is 15.8 Å². The van der Waals surface area contributed by atoms with Crippen molar-refractivity contribution in [1.29, 1.82) is 0 Å². The maximum absolute atomic E-state index is 5.49. The number of ether oxygens (including phenoxy) is 1. The Morgan fingerprint density at radius 1 is 1.28 bits per heavy atom. The van der Waals surface area contributed by atoms with Gasteiger partial charge in [0.05, 0.1) is 0 Å². The molecule has 0 spiro atoms. The second-order valence-corrected chi connectivity index (χ2v) is 6.06. The van der Waals surface area contributed by atoms with Gasteiger partial charge >= 0.3 is 115 Å². The molecule has 0 aliphatic rings. The van der Waals surface area contributed by atoms with Crippen molar-refractivity contribution >= 4 is 36.6 Å². The van der Waals surface area contributed by atoms with Crippen molar-refractivity contribution in [2.24, 2.45) is 0 Å². The molecule has 0 aliphatic heterocycles. The van der Waals surface area contributed by atoms with Gasteiger partial charge in [0.25, 0.3) is 0 Å². The first-order valence-corrected chi connectivity index (χ1v) is 7.30. The Balaban J connectivity index is 2.27. The molecule has 0 bridgehead atoms. The summed E-state index contributed by atoms with van der Waals surface area (Å²) in [6.45, 7) is 0. The van der Waals surface area contributed by atoms with E-state index in [9.17, 15) is 0 Å². The van der Waals surface area contributed by atoms with Crippen LogP contribution in [0.5, 0.6) is 5.75 Å². The normalized spacial score (nSPS) is 10.7. The molecular formula is C12H9N3OSSe. The van der Waals surface area contributed by atoms with Crippen LogP contribution in [0.2, 0.25) is 0 Å². The maximum atomic E-state index is 5.49. The third-order valence-electron chi connectivity index (χ3n) is 2.53. The molecule has 0 N–H and O–H groups in total. The molecule has 4 nitrogen and oxygen atoms in total. The van der Waals surface area contributed by atoms with Crippen molar-refractivity contribution in [3.63, 3.8) is 0 Å². The number of hydrogen-bond donors (Lipinski definition) is 0. The summed E-state index contributed by atoms with van der Waals surface area (Å²) < 4.78 is 9.23. The molecule has 0 fully saturated rings. The fraction of sp³-hybridized carbons (Fsp3) is 0.0833. The average Bonchev–Trinajstić information content (AvgIpc) is 2.77. The summed E-state index contributed by atoms with van der Waals surface area (Å²) in [5, 5.41) is 1.05. The molecule has 1 aromatic carbocycles. The first-order chi connectivity index (χ1) is 8.79. The number of methoxy groups -OCH3 is 1. The third kappa shape index (κ3) is 1.88. The van der Waals surface area contributed by atoms with Crippen LogP contribution in [0.15, 0.2) is 36.7 Å². The molecule has 0 saturated carbocycles. The van der Waals surface area contributed by atoms with Gasteiger partial charge < -0.3 is 0 Å². The zero-order chi connectivity index (χ0) is 12.5. The monoisotopic (exact) mass is 323 g/mol. The summed E-state index contributed by atoms with van der Waals surface area (Å²) in [7, 11) is 1.66. The predicted molar refractivity (Wildman–Crippen MR) is 73.2 cm³/mol. The number of benzene rings is 1. The predicted octanol–water partition coefficient (Wildman–Crippen LogP) is 2.22. The number of rotatable bonds is 2. The van der Waals surface area contributed by atoms with E-state index in [1.165, 1.54) is 4.26 Å². The summed E-state index contributed by atoms with van der Waals surface area (Å²) in [5.41, 5.74) is 0. The van der Waals surface area contributed by atoms with Gasteiger partial charge in [0, 0.05) is 0 Å². The van der Waals surface area contributed by atoms with Gasteiger partial charge in [-0.25, -0.2) is 0 Å². The summed E-state index contributed by atoms with van der Waals surface area (Å²) >= 11 is 5.59. The molecule has 2 aromatic heterocycles. The third-order valence-corrected chi connectivity index (χ3v) is 5.46. The van der Waals surface area contributed by atoms with Gasteiger partial charge in [0.1, 0.15) is 0 Å². The van der Waals surface area contributed by atoms with Gasteiger partial charge in [-0.2, -0.15) is 0 Å². The van der Waals surface area contributed by atoms with Crippen LogP contribution >= 0.6 is 12.2 Å². The van der Waals surface area contributed by atoms with Crippen LogP contribution in [0, 0.1) is 4.64 Å². The Hall–Kier alpha value is -1.49. The van der Waals surface area contributed by atoms with Crippen molar-refractivity contribution in [3.8, 4) is 11.7 Å². The van der Waals surface area contributed by atoms with Crippen molar-refractivity contribution in [2.45, 2.75) is 0 Å². The fourth-order valence-electron chi connectivity index (χ4n) is 1.66. The van der Waals surface area contributed by atoms with Crippen LogP contribution in [-0.4, -0.2) is 35.4 Å². The molecule has 90 valence electrons. The Morgan fingerprint density at radius 2 is 2.06 bits per heavy atom. The van der Waals surface area contributed by atoms with Crippen molar-refractivity contribution < 1.29 is 4.74 Å². The molecule has 0 unspecified atom stereocenters. The standard InChI is InChI=1S/C12H9N3OSSe/c1-16-8-3-4-10-9(7-8)11(17)15(18-10)12-13-5-2-6-14-12/h2-7H,1H3. The average molecular weight is 322 g/mol. The molecule has 3 aromatic rings. The topological polar surface area (TPSA) is 39.9 Å². The summed E-state index contributed by atoms with van der Waals surface area (Å²) in [6, 6.07) is 7.79. The molecule has 0 saturated heterocycles. The zero-order valence-corrected chi connectivity index (χ0v) is 12.1. The van der Waals surface area contributed by atoms with Crippen molar-refractivity contribution in [1.82, 2.24) is 13.5 Å². The molecule has 18 heavy (non-hydrogen) atoms. The van der Waals surface area contributed by atoms with E-state index in [1.54, 1.807) is 25.6 Å². The van der Waals surface area contributed by atoms with E-state index in [4.69, 9.17) is 17.0 Å². The van der Waals surface area contributed by atoms with Crippen molar-refractivity contribution in [3.05, 3.63) is 41.3 Å². The zero-order valence-electron chi connectivity index (χ0n) is 9.53. The van der Waals surface area contributed by atoms with E-state index >= 15 is 0 Å². The number of hydrogen-bond acceptors (Lipinski definition) is 4. The summed E-state index contributed by atoms with van der Waals surface area (Å²) in [4.78, 5) is 8.50. The van der Waals surface area contributed by atoms with Gasteiger partial charge in [0.2, 0.25) is 0 Å². The Labute approximate surface area is 115 Å². The van der Waals surface area contributed by atoms with E-state index in [0.29, 0.717) is 5.95 Å². The van der Waals surface area contributed by atoms with Crippen LogP contribution in [0.4, 0.5) is 0 Å². The second kappa shape index (κ2) is 4.65. The molecule has 3 rings (SSSR count). The summed E-state index contributed by atoms with van der Waals surface area (Å²) in [5.74, 6) is 1.49. The first kappa shape index (κ1) is 11.6.